The topological polar surface area (TPSA) is 9.23 Å². The van der Waals surface area contributed by atoms with Crippen LogP contribution in [0.5, 0.6) is 5.75 Å². The smallest absolute Gasteiger partial charge is 0.126 e. The molecule has 0 bridgehead atoms. The van der Waals surface area contributed by atoms with Crippen LogP contribution in [0.1, 0.15) is 119 Å². The minimum absolute atomic E-state index is 0.00183. The molecule has 0 aromatic heterocycles. The predicted molar refractivity (Wildman–Crippen MR) is 160 cm³/mol. The lowest BCUT2D eigenvalue weighted by molar-refractivity contribution is 0.380. The molecule has 3 heteroatoms. The van der Waals surface area contributed by atoms with E-state index in [0.717, 1.165) is 5.75 Å². The third kappa shape index (κ3) is 7.96. The lowest BCUT2D eigenvalue weighted by Crippen LogP contribution is -2.20. The second kappa shape index (κ2) is 10.0. The van der Waals surface area contributed by atoms with Crippen molar-refractivity contribution in [1.82, 2.24) is 0 Å². The monoisotopic (exact) mass is 514 g/mol. The summed E-state index contributed by atoms with van der Waals surface area (Å²) in [6.45, 7) is 32.2. The Morgan fingerprint density at radius 3 is 1.11 bits per heavy atom. The Morgan fingerprint density at radius 1 is 0.486 bits per heavy atom. The van der Waals surface area contributed by atoms with Crippen molar-refractivity contribution >= 4 is 23.5 Å². The maximum Gasteiger partial charge on any atom is 0.126 e. The van der Waals surface area contributed by atoms with E-state index in [1.165, 1.54) is 32.0 Å². The van der Waals surface area contributed by atoms with Crippen LogP contribution in [0.2, 0.25) is 0 Å². The van der Waals surface area contributed by atoms with Crippen LogP contribution in [0.15, 0.2) is 40.1 Å². The Balaban J connectivity index is 2.55. The molecule has 0 radical (unpaired) electrons. The van der Waals surface area contributed by atoms with Crippen LogP contribution in [0, 0.1) is 0 Å². The first-order chi connectivity index (χ1) is 15.5. The second-order valence-corrected chi connectivity index (χ2v) is 18.1. The van der Waals surface area contributed by atoms with Crippen molar-refractivity contribution in [3.8, 4) is 5.75 Å². The molecule has 2 aromatic rings. The van der Waals surface area contributed by atoms with E-state index in [-0.39, 0.29) is 25.7 Å². The quantitative estimate of drug-likeness (QED) is 0.290. The van der Waals surface area contributed by atoms with Crippen LogP contribution < -0.4 is 4.74 Å². The highest BCUT2D eigenvalue weighted by molar-refractivity contribution is 8.18. The molecule has 0 aliphatic rings. The van der Waals surface area contributed by atoms with Crippen molar-refractivity contribution in [2.75, 3.05) is 7.11 Å². The zero-order valence-corrected chi connectivity index (χ0v) is 26.7. The molecule has 0 atom stereocenters. The van der Waals surface area contributed by atoms with E-state index in [1.807, 2.05) is 23.5 Å². The number of benzene rings is 2. The van der Waals surface area contributed by atoms with Crippen molar-refractivity contribution in [3.63, 3.8) is 0 Å². The molecule has 0 saturated carbocycles. The summed E-state index contributed by atoms with van der Waals surface area (Å²) in [4.78, 5) is 2.65. The first-order valence-corrected chi connectivity index (χ1v) is 14.4. The Kier molecular flexibility index (Phi) is 8.63. The molecule has 0 unspecified atom stereocenters. The summed E-state index contributed by atoms with van der Waals surface area (Å²) in [7, 11) is 1.81. The van der Waals surface area contributed by atoms with E-state index < -0.39 is 0 Å². The summed E-state index contributed by atoms with van der Waals surface area (Å²) in [5.41, 5.74) is 5.61. The maximum absolute atomic E-state index is 5.99. The molecule has 0 saturated heterocycles. The molecule has 2 rings (SSSR count). The van der Waals surface area contributed by atoms with Gasteiger partial charge in [0.25, 0.3) is 0 Å². The summed E-state index contributed by atoms with van der Waals surface area (Å²) in [5.74, 6) is 1.03. The first kappa shape index (κ1) is 30.2. The zero-order valence-electron chi connectivity index (χ0n) is 25.1. The van der Waals surface area contributed by atoms with Gasteiger partial charge in [0.1, 0.15) is 5.75 Å². The number of thioether (sulfide) groups is 2. The Morgan fingerprint density at radius 2 is 0.829 bits per heavy atom. The largest absolute Gasteiger partial charge is 0.496 e. The fourth-order valence-electron chi connectivity index (χ4n) is 4.11. The molecule has 0 spiro atoms. The van der Waals surface area contributed by atoms with Crippen LogP contribution in [-0.2, 0) is 21.7 Å². The third-order valence-corrected chi connectivity index (χ3v) is 8.67. The molecule has 196 valence electrons. The molecule has 0 aliphatic heterocycles. The number of rotatable bonds is 5. The lowest BCUT2D eigenvalue weighted by Gasteiger charge is -2.32. The predicted octanol–water partition coefficient (Wildman–Crippen LogP) is 10.5. The van der Waals surface area contributed by atoms with Crippen molar-refractivity contribution in [3.05, 3.63) is 52.6 Å². The molecule has 35 heavy (non-hydrogen) atoms. The van der Waals surface area contributed by atoms with Crippen molar-refractivity contribution in [2.45, 2.75) is 132 Å². The summed E-state index contributed by atoms with van der Waals surface area (Å²) >= 11 is 3.92. The average molecular weight is 515 g/mol. The second-order valence-electron chi connectivity index (χ2n) is 14.4. The van der Waals surface area contributed by atoms with Crippen LogP contribution >= 0.6 is 23.5 Å². The van der Waals surface area contributed by atoms with Crippen molar-refractivity contribution in [2.24, 2.45) is 0 Å². The summed E-state index contributed by atoms with van der Waals surface area (Å²) in [6, 6.07) is 11.9. The van der Waals surface area contributed by atoms with Crippen LogP contribution in [0.25, 0.3) is 0 Å². The van der Waals surface area contributed by atoms with Gasteiger partial charge in [0, 0.05) is 20.9 Å². The maximum atomic E-state index is 5.99. The molecular weight excluding hydrogens is 464 g/mol. The van der Waals surface area contributed by atoms with Gasteiger partial charge in [0.2, 0.25) is 0 Å². The minimum Gasteiger partial charge on any atom is -0.496 e. The van der Waals surface area contributed by atoms with Crippen LogP contribution in [0.4, 0.5) is 0 Å². The Bertz CT molecular complexity index is 968. The van der Waals surface area contributed by atoms with Crippen LogP contribution in [0.3, 0.4) is 0 Å². The normalized spacial score (nSPS) is 13.8. The summed E-state index contributed by atoms with van der Waals surface area (Å²) in [6.07, 6.45) is 0. The van der Waals surface area contributed by atoms with Gasteiger partial charge in [0.05, 0.1) is 11.2 Å². The Hall–Kier alpha value is -1.06. The molecule has 2 aromatic carbocycles. The van der Waals surface area contributed by atoms with Gasteiger partial charge >= 0.3 is 0 Å². The number of ether oxygens (including phenoxy) is 1. The van der Waals surface area contributed by atoms with Crippen molar-refractivity contribution < 1.29 is 4.74 Å². The SMILES string of the molecule is COc1c(C(C)(C)C)cc(SC(C)(C)Sc2cc(C(C)(C)C)cc(C(C)(C)C)c2)cc1C(C)(C)C. The molecule has 0 aliphatic carbocycles. The molecular formula is C32H50OS2. The van der Waals surface area contributed by atoms with Gasteiger partial charge in [-0.15, -0.1) is 23.5 Å². The molecule has 0 fully saturated rings. The van der Waals surface area contributed by atoms with E-state index in [2.05, 4.69) is 127 Å². The van der Waals surface area contributed by atoms with E-state index >= 15 is 0 Å². The van der Waals surface area contributed by atoms with E-state index in [4.69, 9.17) is 4.74 Å². The highest BCUT2D eigenvalue weighted by Crippen LogP contribution is 2.49. The van der Waals surface area contributed by atoms with Gasteiger partial charge < -0.3 is 4.74 Å². The number of hydrogen-bond acceptors (Lipinski definition) is 3. The molecule has 1 nitrogen and oxygen atoms in total. The lowest BCUT2D eigenvalue weighted by atomic mass is 9.79. The molecule has 0 amide bonds. The molecule has 0 heterocycles. The third-order valence-electron chi connectivity index (χ3n) is 6.25. The van der Waals surface area contributed by atoms with Gasteiger partial charge in [-0.3, -0.25) is 0 Å². The Labute approximate surface area is 225 Å². The first-order valence-electron chi connectivity index (χ1n) is 12.8. The summed E-state index contributed by atoms with van der Waals surface area (Å²) in [5, 5.41) is 0. The zero-order chi connectivity index (χ0) is 27.2. The van der Waals surface area contributed by atoms with E-state index in [9.17, 15) is 0 Å². The fraction of sp³-hybridized carbons (Fsp3) is 0.625. The number of methoxy groups -OCH3 is 1. The van der Waals surface area contributed by atoms with Gasteiger partial charge in [-0.2, -0.15) is 0 Å². The van der Waals surface area contributed by atoms with Gasteiger partial charge in [0.15, 0.2) is 0 Å². The van der Waals surface area contributed by atoms with Gasteiger partial charge in [-0.05, 0) is 70.9 Å². The highest BCUT2D eigenvalue weighted by atomic mass is 32.2. The fourth-order valence-corrected chi connectivity index (χ4v) is 6.71. The van der Waals surface area contributed by atoms with E-state index in [1.54, 1.807) is 7.11 Å². The van der Waals surface area contributed by atoms with E-state index in [0.29, 0.717) is 0 Å². The number of hydrogen-bond donors (Lipinski definition) is 0. The van der Waals surface area contributed by atoms with Crippen molar-refractivity contribution in [1.29, 1.82) is 0 Å². The summed E-state index contributed by atoms with van der Waals surface area (Å²) < 4.78 is 5.95. The average Bonchev–Trinajstić information content (AvgIpc) is 2.63. The van der Waals surface area contributed by atoms with Crippen LogP contribution in [-0.4, -0.2) is 11.2 Å². The standard InChI is InChI=1S/C32H50OS2/c1-28(2,3)21-16-22(29(4,5)6)18-23(17-21)34-32(13,14)35-24-19-25(30(7,8)9)27(33-15)26(20-24)31(10,11)12/h16-20H,1-15H3. The highest BCUT2D eigenvalue weighted by Gasteiger charge is 2.30. The minimum atomic E-state index is -0.0371. The van der Waals surface area contributed by atoms with Gasteiger partial charge in [-0.25, -0.2) is 0 Å². The molecule has 0 N–H and O–H groups in total. The van der Waals surface area contributed by atoms with Gasteiger partial charge in [-0.1, -0.05) is 89.2 Å².